The van der Waals surface area contributed by atoms with Gasteiger partial charge in [0.1, 0.15) is 7.60 Å². The van der Waals surface area contributed by atoms with Crippen molar-refractivity contribution in [1.82, 2.24) is 0 Å². The van der Waals surface area contributed by atoms with Gasteiger partial charge in [0.2, 0.25) is 0 Å². The fourth-order valence-electron chi connectivity index (χ4n) is 0.606. The lowest BCUT2D eigenvalue weighted by Crippen LogP contribution is -2.28. The second kappa shape index (κ2) is 4.52. The third-order valence-electron chi connectivity index (χ3n) is 1.41. The summed E-state index contributed by atoms with van der Waals surface area (Å²) in [5, 5.41) is -1.30. The molecule has 2 unspecified atom stereocenters. The van der Waals surface area contributed by atoms with Gasteiger partial charge in [0.15, 0.2) is 0 Å². The van der Waals surface area contributed by atoms with Crippen molar-refractivity contribution in [2.45, 2.75) is 52.3 Å². The molecule has 0 amide bonds. The molecule has 0 saturated carbocycles. The summed E-state index contributed by atoms with van der Waals surface area (Å²) in [4.78, 5) is 22.8. The Morgan fingerprint density at radius 1 is 0.938 bits per heavy atom. The van der Waals surface area contributed by atoms with Gasteiger partial charge in [-0.3, -0.25) is 8.88 Å². The molecule has 0 heterocycles. The highest BCUT2D eigenvalue weighted by Crippen LogP contribution is 2.62. The fourth-order valence-corrected chi connectivity index (χ4v) is 3.44. The highest BCUT2D eigenvalue weighted by Gasteiger charge is 2.33. The SMILES string of the molecule is CC(C)(C)OP(=O)([O-])OP(=O)([O-])C(C)(C)C. The van der Waals surface area contributed by atoms with E-state index < -0.39 is 26.2 Å². The van der Waals surface area contributed by atoms with Gasteiger partial charge in [0.05, 0.1) is 5.60 Å². The van der Waals surface area contributed by atoms with Crippen LogP contribution in [0.1, 0.15) is 41.5 Å². The molecule has 6 nitrogen and oxygen atoms in total. The minimum atomic E-state index is -4.86. The molecular formula is C8H18O6P2-2. The second-order valence-electron chi connectivity index (χ2n) is 5.40. The van der Waals surface area contributed by atoms with Crippen molar-refractivity contribution < 1.29 is 27.8 Å². The monoisotopic (exact) mass is 272 g/mol. The molecule has 0 aromatic heterocycles. The Hall–Kier alpha value is 0.300. The first-order chi connectivity index (χ1) is 6.66. The number of rotatable bonds is 3. The van der Waals surface area contributed by atoms with Crippen LogP contribution in [-0.2, 0) is 18.0 Å². The first-order valence-corrected chi connectivity index (χ1v) is 7.71. The van der Waals surface area contributed by atoms with Gasteiger partial charge >= 0.3 is 0 Å². The van der Waals surface area contributed by atoms with Crippen molar-refractivity contribution >= 4 is 15.4 Å². The lowest BCUT2D eigenvalue weighted by molar-refractivity contribution is -0.239. The van der Waals surface area contributed by atoms with E-state index in [0.29, 0.717) is 0 Å². The molecule has 0 bridgehead atoms. The molecule has 0 radical (unpaired) electrons. The zero-order valence-electron chi connectivity index (χ0n) is 10.3. The molecule has 2 atom stereocenters. The zero-order chi connectivity index (χ0) is 13.4. The van der Waals surface area contributed by atoms with Crippen molar-refractivity contribution in [3.05, 3.63) is 0 Å². The Morgan fingerprint density at radius 3 is 1.56 bits per heavy atom. The Balaban J connectivity index is 4.87. The van der Waals surface area contributed by atoms with Crippen LogP contribution in [0, 0.1) is 0 Å². The van der Waals surface area contributed by atoms with E-state index in [0.717, 1.165) is 0 Å². The van der Waals surface area contributed by atoms with Crippen molar-refractivity contribution in [2.24, 2.45) is 0 Å². The topological polar surface area (TPSA) is 98.7 Å². The average Bonchev–Trinajstić information content (AvgIpc) is 1.72. The van der Waals surface area contributed by atoms with Crippen LogP contribution in [0.4, 0.5) is 0 Å². The van der Waals surface area contributed by atoms with Crippen LogP contribution in [0.15, 0.2) is 0 Å². The van der Waals surface area contributed by atoms with Crippen molar-refractivity contribution in [2.75, 3.05) is 0 Å². The summed E-state index contributed by atoms with van der Waals surface area (Å²) in [6.07, 6.45) is 0. The molecule has 0 aromatic carbocycles. The molecule has 8 heteroatoms. The van der Waals surface area contributed by atoms with E-state index in [1.54, 1.807) is 0 Å². The lowest BCUT2D eigenvalue weighted by Gasteiger charge is -2.41. The van der Waals surface area contributed by atoms with Gasteiger partial charge in [-0.15, -0.1) is 0 Å². The van der Waals surface area contributed by atoms with Crippen LogP contribution in [0.25, 0.3) is 0 Å². The Bertz CT molecular complexity index is 337. The molecular weight excluding hydrogens is 254 g/mol. The maximum absolute atomic E-state index is 11.5. The van der Waals surface area contributed by atoms with E-state index >= 15 is 0 Å². The molecule has 0 aliphatic heterocycles. The minimum absolute atomic E-state index is 1.03. The van der Waals surface area contributed by atoms with E-state index in [2.05, 4.69) is 8.83 Å². The molecule has 0 aliphatic carbocycles. The smallest absolute Gasteiger partial charge is 0.273 e. The average molecular weight is 272 g/mol. The van der Waals surface area contributed by atoms with Gasteiger partial charge in [-0.05, 0) is 20.8 Å². The molecule has 0 N–H and O–H groups in total. The fraction of sp³-hybridized carbons (Fsp3) is 1.00. The van der Waals surface area contributed by atoms with Crippen LogP contribution in [0.5, 0.6) is 0 Å². The second-order valence-corrected chi connectivity index (χ2v) is 9.47. The van der Waals surface area contributed by atoms with Crippen molar-refractivity contribution in [3.8, 4) is 0 Å². The third-order valence-corrected chi connectivity index (χ3v) is 5.49. The molecule has 98 valence electrons. The quantitative estimate of drug-likeness (QED) is 0.724. The largest absolute Gasteiger partial charge is 0.778 e. The van der Waals surface area contributed by atoms with E-state index in [1.165, 1.54) is 41.5 Å². The van der Waals surface area contributed by atoms with Gasteiger partial charge in [0.25, 0.3) is 7.82 Å². The first kappa shape index (κ1) is 16.3. The molecule has 0 fully saturated rings. The highest BCUT2D eigenvalue weighted by atomic mass is 31.3. The summed E-state index contributed by atoms with van der Waals surface area (Å²) >= 11 is 0. The number of phosphoric ester groups is 1. The summed E-state index contributed by atoms with van der Waals surface area (Å²) in [6, 6.07) is 0. The van der Waals surface area contributed by atoms with Crippen LogP contribution >= 0.6 is 15.4 Å². The van der Waals surface area contributed by atoms with Crippen LogP contribution in [0.2, 0.25) is 0 Å². The van der Waals surface area contributed by atoms with Gasteiger partial charge in [-0.25, -0.2) is 0 Å². The third kappa shape index (κ3) is 5.58. The highest BCUT2D eigenvalue weighted by molar-refractivity contribution is 7.63. The molecule has 0 spiro atoms. The Morgan fingerprint density at radius 2 is 1.31 bits per heavy atom. The standard InChI is InChI=1S/C8H20O6P2/c1-7(2,3)13-16(11,12)14-15(9,10)8(4,5)6/h1-6H3,(H,9,10)(H,11,12)/p-2. The molecule has 0 aromatic rings. The van der Waals surface area contributed by atoms with E-state index in [4.69, 9.17) is 0 Å². The number of hydrogen-bond acceptors (Lipinski definition) is 6. The number of phosphoric acid groups is 1. The first-order valence-electron chi connectivity index (χ1n) is 4.71. The summed E-state index contributed by atoms with van der Waals surface area (Å²) in [7, 11) is -9.39. The van der Waals surface area contributed by atoms with E-state index in [9.17, 15) is 18.9 Å². The predicted octanol–water partition coefficient (Wildman–Crippen LogP) is 1.64. The van der Waals surface area contributed by atoms with Gasteiger partial charge in [0, 0.05) is 5.16 Å². The molecule has 0 saturated heterocycles. The Labute approximate surface area is 96.1 Å². The Kier molecular flexibility index (Phi) is 4.61. The summed E-state index contributed by atoms with van der Waals surface area (Å²) in [5.74, 6) is 0. The van der Waals surface area contributed by atoms with Crippen LogP contribution < -0.4 is 9.79 Å². The maximum atomic E-state index is 11.5. The molecule has 0 aliphatic rings. The minimum Gasteiger partial charge on any atom is -0.778 e. The van der Waals surface area contributed by atoms with Crippen molar-refractivity contribution in [1.29, 1.82) is 0 Å². The van der Waals surface area contributed by atoms with Gasteiger partial charge in [-0.2, -0.15) is 0 Å². The van der Waals surface area contributed by atoms with Gasteiger partial charge in [-0.1, -0.05) is 20.8 Å². The van der Waals surface area contributed by atoms with E-state index in [1.807, 2.05) is 0 Å². The van der Waals surface area contributed by atoms with E-state index in [-0.39, 0.29) is 0 Å². The summed E-state index contributed by atoms with van der Waals surface area (Å²) in [6.45, 7) is 8.47. The van der Waals surface area contributed by atoms with Crippen LogP contribution in [-0.4, -0.2) is 10.8 Å². The zero-order valence-corrected chi connectivity index (χ0v) is 12.1. The number of hydrogen-bond donors (Lipinski definition) is 0. The molecule has 0 rings (SSSR count). The summed E-state index contributed by atoms with van der Waals surface area (Å²) in [5.41, 5.74) is -1.03. The predicted molar refractivity (Wildman–Crippen MR) is 56.9 cm³/mol. The lowest BCUT2D eigenvalue weighted by atomic mass is 10.2. The normalized spacial score (nSPS) is 21.2. The van der Waals surface area contributed by atoms with Crippen molar-refractivity contribution in [3.63, 3.8) is 0 Å². The maximum Gasteiger partial charge on any atom is 0.273 e. The van der Waals surface area contributed by atoms with Gasteiger partial charge < -0.3 is 18.9 Å². The molecule has 16 heavy (non-hydrogen) atoms. The van der Waals surface area contributed by atoms with Crippen LogP contribution in [0.3, 0.4) is 0 Å². The summed E-state index contributed by atoms with van der Waals surface area (Å²) < 4.78 is 31.5.